The van der Waals surface area contributed by atoms with Crippen LogP contribution in [0.4, 0.5) is 0 Å². The maximum absolute atomic E-state index is 5.45. The van der Waals surface area contributed by atoms with Gasteiger partial charge in [0.1, 0.15) is 0 Å². The Hall–Kier alpha value is -0.0400. The normalized spacial score (nSPS) is 18.6. The predicted molar refractivity (Wildman–Crippen MR) is 45.2 cm³/mol. The zero-order valence-corrected chi connectivity index (χ0v) is 8.12. The molecule has 0 N–H and O–H groups in total. The number of hydrogen-bond acceptors (Lipinski definition) is 1. The Morgan fingerprint density at radius 3 is 1.50 bits per heavy atom. The fourth-order valence-corrected chi connectivity index (χ4v) is 0.981. The quantitative estimate of drug-likeness (QED) is 0.579. The Kier molecular flexibility index (Phi) is 2.90. The molecular weight excluding hydrogens is 124 g/mol. The van der Waals surface area contributed by atoms with E-state index in [2.05, 4.69) is 34.6 Å². The van der Waals surface area contributed by atoms with Gasteiger partial charge in [0.25, 0.3) is 0 Å². The molecule has 10 heavy (non-hydrogen) atoms. The fraction of sp³-hybridized carbons (Fsp3) is 1.00. The van der Waals surface area contributed by atoms with Gasteiger partial charge in [-0.25, -0.2) is 0 Å². The largest absolute Gasteiger partial charge is 0.378 e. The zero-order chi connectivity index (χ0) is 8.41. The molecule has 0 aliphatic rings. The van der Waals surface area contributed by atoms with E-state index in [0.717, 1.165) is 6.42 Å². The lowest BCUT2D eigenvalue weighted by atomic mass is 9.76. The molecule has 0 fully saturated rings. The summed E-state index contributed by atoms with van der Waals surface area (Å²) in [4.78, 5) is 0. The molecule has 0 aromatic carbocycles. The molecule has 0 radical (unpaired) electrons. The number of hydrogen-bond donors (Lipinski definition) is 0. The zero-order valence-electron chi connectivity index (χ0n) is 8.12. The molecule has 0 aliphatic carbocycles. The highest BCUT2D eigenvalue weighted by molar-refractivity contribution is 4.86. The van der Waals surface area contributed by atoms with Gasteiger partial charge >= 0.3 is 0 Å². The second kappa shape index (κ2) is 2.91. The van der Waals surface area contributed by atoms with E-state index < -0.39 is 0 Å². The molecular formula is C9H20O. The SMILES string of the molecule is CCC(C)(OC)C(C)(C)C. The highest BCUT2D eigenvalue weighted by Gasteiger charge is 2.35. The van der Waals surface area contributed by atoms with Gasteiger partial charge in [0.15, 0.2) is 0 Å². The van der Waals surface area contributed by atoms with Gasteiger partial charge in [0.2, 0.25) is 0 Å². The minimum Gasteiger partial charge on any atom is -0.378 e. The lowest BCUT2D eigenvalue weighted by Crippen LogP contribution is -2.40. The van der Waals surface area contributed by atoms with E-state index >= 15 is 0 Å². The molecule has 0 spiro atoms. The first-order valence-electron chi connectivity index (χ1n) is 3.92. The molecule has 1 heteroatoms. The first-order valence-corrected chi connectivity index (χ1v) is 3.92. The number of rotatable bonds is 2. The first kappa shape index (κ1) is 9.96. The Balaban J connectivity index is 4.33. The van der Waals surface area contributed by atoms with Crippen LogP contribution in [0.1, 0.15) is 41.0 Å². The van der Waals surface area contributed by atoms with Crippen LogP contribution in [0, 0.1) is 5.41 Å². The summed E-state index contributed by atoms with van der Waals surface area (Å²) >= 11 is 0. The maximum atomic E-state index is 5.45. The molecule has 0 heterocycles. The summed E-state index contributed by atoms with van der Waals surface area (Å²) in [7, 11) is 1.79. The van der Waals surface area contributed by atoms with Crippen LogP contribution in [0.3, 0.4) is 0 Å². The van der Waals surface area contributed by atoms with Crippen LogP contribution < -0.4 is 0 Å². The Labute approximate surface area is 64.8 Å². The van der Waals surface area contributed by atoms with Crippen LogP contribution >= 0.6 is 0 Å². The Morgan fingerprint density at radius 2 is 1.50 bits per heavy atom. The molecule has 1 unspecified atom stereocenters. The van der Waals surface area contributed by atoms with Crippen molar-refractivity contribution in [1.82, 2.24) is 0 Å². The molecule has 1 atom stereocenters. The van der Waals surface area contributed by atoms with Crippen LogP contribution in [0.5, 0.6) is 0 Å². The molecule has 0 aliphatic heterocycles. The molecule has 0 aromatic heterocycles. The third-order valence-electron chi connectivity index (χ3n) is 2.71. The third kappa shape index (κ3) is 1.72. The predicted octanol–water partition coefficient (Wildman–Crippen LogP) is 2.85. The minimum absolute atomic E-state index is 0.0208. The monoisotopic (exact) mass is 144 g/mol. The van der Waals surface area contributed by atoms with Crippen molar-refractivity contribution in [1.29, 1.82) is 0 Å². The maximum Gasteiger partial charge on any atom is 0.0696 e. The summed E-state index contributed by atoms with van der Waals surface area (Å²) in [6.45, 7) is 10.9. The molecule has 0 rings (SSSR count). The van der Waals surface area contributed by atoms with Crippen molar-refractivity contribution in [2.75, 3.05) is 7.11 Å². The van der Waals surface area contributed by atoms with E-state index in [1.54, 1.807) is 7.11 Å². The summed E-state index contributed by atoms with van der Waals surface area (Å²) < 4.78 is 5.45. The van der Waals surface area contributed by atoms with E-state index in [1.807, 2.05) is 0 Å². The molecule has 0 amide bonds. The molecule has 62 valence electrons. The Morgan fingerprint density at radius 1 is 1.10 bits per heavy atom. The average Bonchev–Trinajstić information content (AvgIpc) is 1.84. The third-order valence-corrected chi connectivity index (χ3v) is 2.71. The van der Waals surface area contributed by atoms with Crippen molar-refractivity contribution >= 4 is 0 Å². The van der Waals surface area contributed by atoms with Crippen molar-refractivity contribution in [3.05, 3.63) is 0 Å². The van der Waals surface area contributed by atoms with Gasteiger partial charge in [0, 0.05) is 7.11 Å². The lowest BCUT2D eigenvalue weighted by Gasteiger charge is -2.40. The second-order valence-corrected chi connectivity index (χ2v) is 4.04. The van der Waals surface area contributed by atoms with Gasteiger partial charge in [-0.05, 0) is 18.8 Å². The molecule has 0 saturated heterocycles. The van der Waals surface area contributed by atoms with Crippen LogP contribution in [-0.4, -0.2) is 12.7 Å². The minimum atomic E-state index is 0.0208. The summed E-state index contributed by atoms with van der Waals surface area (Å²) in [5.74, 6) is 0. The van der Waals surface area contributed by atoms with Crippen molar-refractivity contribution in [2.24, 2.45) is 5.41 Å². The van der Waals surface area contributed by atoms with Crippen molar-refractivity contribution < 1.29 is 4.74 Å². The molecule has 1 nitrogen and oxygen atoms in total. The lowest BCUT2D eigenvalue weighted by molar-refractivity contribution is -0.0796. The van der Waals surface area contributed by atoms with E-state index in [0.29, 0.717) is 0 Å². The van der Waals surface area contributed by atoms with E-state index in [4.69, 9.17) is 4.74 Å². The van der Waals surface area contributed by atoms with Gasteiger partial charge in [0.05, 0.1) is 5.60 Å². The van der Waals surface area contributed by atoms with Gasteiger partial charge in [-0.15, -0.1) is 0 Å². The van der Waals surface area contributed by atoms with E-state index in [-0.39, 0.29) is 11.0 Å². The summed E-state index contributed by atoms with van der Waals surface area (Å²) in [6.07, 6.45) is 1.06. The fourth-order valence-electron chi connectivity index (χ4n) is 0.981. The van der Waals surface area contributed by atoms with Crippen LogP contribution in [-0.2, 0) is 4.74 Å². The van der Waals surface area contributed by atoms with Crippen molar-refractivity contribution in [3.8, 4) is 0 Å². The van der Waals surface area contributed by atoms with Gasteiger partial charge in [-0.1, -0.05) is 27.7 Å². The van der Waals surface area contributed by atoms with Crippen molar-refractivity contribution in [3.63, 3.8) is 0 Å². The summed E-state index contributed by atoms with van der Waals surface area (Å²) in [6, 6.07) is 0. The standard InChI is InChI=1S/C9H20O/c1-7-9(5,10-6)8(2,3)4/h7H2,1-6H3. The van der Waals surface area contributed by atoms with Gasteiger partial charge < -0.3 is 4.74 Å². The van der Waals surface area contributed by atoms with Crippen molar-refractivity contribution in [2.45, 2.75) is 46.6 Å². The summed E-state index contributed by atoms with van der Waals surface area (Å²) in [5, 5.41) is 0. The highest BCUT2D eigenvalue weighted by Crippen LogP contribution is 2.35. The molecule has 0 bridgehead atoms. The molecule has 0 saturated carbocycles. The van der Waals surface area contributed by atoms with Gasteiger partial charge in [-0.2, -0.15) is 0 Å². The van der Waals surface area contributed by atoms with Crippen LogP contribution in [0.2, 0.25) is 0 Å². The van der Waals surface area contributed by atoms with E-state index in [1.165, 1.54) is 0 Å². The second-order valence-electron chi connectivity index (χ2n) is 4.04. The van der Waals surface area contributed by atoms with Crippen LogP contribution in [0.25, 0.3) is 0 Å². The topological polar surface area (TPSA) is 9.23 Å². The number of methoxy groups -OCH3 is 1. The smallest absolute Gasteiger partial charge is 0.0696 e. The first-order chi connectivity index (χ1) is 4.37. The van der Waals surface area contributed by atoms with Gasteiger partial charge in [-0.3, -0.25) is 0 Å². The molecule has 0 aromatic rings. The summed E-state index contributed by atoms with van der Waals surface area (Å²) in [5.41, 5.74) is 0.253. The number of ether oxygens (including phenoxy) is 1. The average molecular weight is 144 g/mol. The van der Waals surface area contributed by atoms with E-state index in [9.17, 15) is 0 Å². The highest BCUT2D eigenvalue weighted by atomic mass is 16.5. The van der Waals surface area contributed by atoms with Crippen LogP contribution in [0.15, 0.2) is 0 Å². The Bertz CT molecular complexity index is 95.8.